The van der Waals surface area contributed by atoms with Crippen LogP contribution in [0.25, 0.3) is 11.1 Å². The van der Waals surface area contributed by atoms with Crippen LogP contribution in [0.2, 0.25) is 0 Å². The number of ether oxygens (including phenoxy) is 1. The van der Waals surface area contributed by atoms with Gasteiger partial charge in [0.1, 0.15) is 5.03 Å². The van der Waals surface area contributed by atoms with Crippen LogP contribution in [0.15, 0.2) is 114 Å². The van der Waals surface area contributed by atoms with Gasteiger partial charge >= 0.3 is 0 Å². The summed E-state index contributed by atoms with van der Waals surface area (Å²) in [6.45, 7) is 3.55. The third-order valence-electron chi connectivity index (χ3n) is 5.99. The Balaban J connectivity index is 1.42. The molecule has 1 aliphatic heterocycles. The van der Waals surface area contributed by atoms with Crippen LogP contribution in [0.1, 0.15) is 16.4 Å². The summed E-state index contributed by atoms with van der Waals surface area (Å²) in [6, 6.07) is 36.1. The first-order valence-corrected chi connectivity index (χ1v) is 12.3. The number of hydrogen-bond acceptors (Lipinski definition) is 4. The molecule has 0 saturated carbocycles. The standard InChI is InChI=1S/C29H28N2OS/c1-4-11-23(12-5-1)21-31-19-20-32-27(22-31)28(25-15-8-3-9-16-25)33-29-26(17-10-18-30-29)24-13-6-2-7-14-24/h1-18,27-28H,19-22H2/t27-,28-/m0/s1. The van der Waals surface area contributed by atoms with Crippen molar-refractivity contribution in [3.8, 4) is 11.1 Å². The monoisotopic (exact) mass is 452 g/mol. The fourth-order valence-corrected chi connectivity index (χ4v) is 5.63. The normalized spacial score (nSPS) is 17.5. The van der Waals surface area contributed by atoms with Crippen molar-refractivity contribution in [2.75, 3.05) is 19.7 Å². The maximum atomic E-state index is 6.39. The van der Waals surface area contributed by atoms with Crippen LogP contribution >= 0.6 is 11.8 Å². The van der Waals surface area contributed by atoms with Crippen LogP contribution in [0, 0.1) is 0 Å². The summed E-state index contributed by atoms with van der Waals surface area (Å²) in [6.07, 6.45) is 1.97. The predicted octanol–water partition coefficient (Wildman–Crippen LogP) is 6.48. The first-order chi connectivity index (χ1) is 16.4. The Morgan fingerprint density at radius 2 is 1.55 bits per heavy atom. The molecule has 4 heteroatoms. The molecule has 0 aliphatic carbocycles. The Labute approximate surface area is 200 Å². The second kappa shape index (κ2) is 10.8. The van der Waals surface area contributed by atoms with Crippen molar-refractivity contribution >= 4 is 11.8 Å². The number of morpholine rings is 1. The van der Waals surface area contributed by atoms with E-state index in [4.69, 9.17) is 9.72 Å². The Morgan fingerprint density at radius 3 is 2.30 bits per heavy atom. The molecule has 2 atom stereocenters. The first kappa shape index (κ1) is 21.9. The SMILES string of the molecule is c1ccc(CN2CCO[C@H]([C@@H](Sc3ncccc3-c3ccccc3)c3ccccc3)C2)cc1. The molecule has 1 fully saturated rings. The summed E-state index contributed by atoms with van der Waals surface area (Å²) in [5.41, 5.74) is 4.98. The third-order valence-corrected chi connectivity index (χ3v) is 7.37. The number of aromatic nitrogens is 1. The predicted molar refractivity (Wildman–Crippen MR) is 136 cm³/mol. The average Bonchev–Trinajstić information content (AvgIpc) is 2.89. The van der Waals surface area contributed by atoms with Crippen molar-refractivity contribution in [3.05, 3.63) is 120 Å². The summed E-state index contributed by atoms with van der Waals surface area (Å²) in [5.74, 6) is 0. The molecule has 1 aliphatic rings. The van der Waals surface area contributed by atoms with E-state index >= 15 is 0 Å². The highest BCUT2D eigenvalue weighted by molar-refractivity contribution is 7.99. The van der Waals surface area contributed by atoms with E-state index in [1.807, 2.05) is 24.0 Å². The minimum absolute atomic E-state index is 0.0838. The molecule has 0 amide bonds. The molecular formula is C29H28N2OS. The molecule has 3 nitrogen and oxygen atoms in total. The van der Waals surface area contributed by atoms with Crippen molar-refractivity contribution in [2.45, 2.75) is 22.9 Å². The highest BCUT2D eigenvalue weighted by Gasteiger charge is 2.31. The van der Waals surface area contributed by atoms with Gasteiger partial charge in [0.05, 0.1) is 18.0 Å². The molecule has 0 bridgehead atoms. The summed E-state index contributed by atoms with van der Waals surface area (Å²) in [5, 5.41) is 1.20. The van der Waals surface area contributed by atoms with Gasteiger partial charge in [-0.2, -0.15) is 0 Å². The van der Waals surface area contributed by atoms with E-state index in [2.05, 4.69) is 102 Å². The molecule has 0 N–H and O–H groups in total. The van der Waals surface area contributed by atoms with Crippen LogP contribution in [0.3, 0.4) is 0 Å². The molecule has 0 unspecified atom stereocenters. The Morgan fingerprint density at radius 1 is 0.848 bits per heavy atom. The van der Waals surface area contributed by atoms with E-state index < -0.39 is 0 Å². The van der Waals surface area contributed by atoms with E-state index in [1.165, 1.54) is 22.3 Å². The van der Waals surface area contributed by atoms with Crippen molar-refractivity contribution in [3.63, 3.8) is 0 Å². The van der Waals surface area contributed by atoms with Crippen molar-refractivity contribution < 1.29 is 4.74 Å². The highest BCUT2D eigenvalue weighted by Crippen LogP contribution is 2.42. The average molecular weight is 453 g/mol. The topological polar surface area (TPSA) is 25.4 Å². The minimum atomic E-state index is 0.0838. The van der Waals surface area contributed by atoms with Gasteiger partial charge in [-0.3, -0.25) is 4.90 Å². The maximum absolute atomic E-state index is 6.39. The minimum Gasteiger partial charge on any atom is -0.374 e. The van der Waals surface area contributed by atoms with Gasteiger partial charge in [-0.1, -0.05) is 109 Å². The fraction of sp³-hybridized carbons (Fsp3) is 0.207. The number of pyridine rings is 1. The summed E-state index contributed by atoms with van der Waals surface area (Å²) < 4.78 is 6.39. The molecule has 2 heterocycles. The lowest BCUT2D eigenvalue weighted by atomic mass is 10.1. The van der Waals surface area contributed by atoms with Crippen LogP contribution in [-0.2, 0) is 11.3 Å². The lowest BCUT2D eigenvalue weighted by molar-refractivity contribution is -0.0320. The van der Waals surface area contributed by atoms with Crippen LogP contribution in [0.5, 0.6) is 0 Å². The summed E-state index contributed by atoms with van der Waals surface area (Å²) in [4.78, 5) is 7.31. The number of hydrogen-bond donors (Lipinski definition) is 0. The Bertz CT molecular complexity index is 1140. The highest BCUT2D eigenvalue weighted by atomic mass is 32.2. The van der Waals surface area contributed by atoms with E-state index in [-0.39, 0.29) is 11.4 Å². The van der Waals surface area contributed by atoms with E-state index in [1.54, 1.807) is 0 Å². The smallest absolute Gasteiger partial charge is 0.104 e. The van der Waals surface area contributed by atoms with E-state index in [0.717, 1.165) is 31.3 Å². The number of rotatable bonds is 7. The van der Waals surface area contributed by atoms with Crippen molar-refractivity contribution in [1.82, 2.24) is 9.88 Å². The molecule has 0 radical (unpaired) electrons. The number of benzene rings is 3. The zero-order valence-electron chi connectivity index (χ0n) is 18.6. The van der Waals surface area contributed by atoms with Crippen molar-refractivity contribution in [1.29, 1.82) is 0 Å². The van der Waals surface area contributed by atoms with Gasteiger partial charge in [0.2, 0.25) is 0 Å². The lowest BCUT2D eigenvalue weighted by Crippen LogP contribution is -2.44. The largest absolute Gasteiger partial charge is 0.374 e. The van der Waals surface area contributed by atoms with Gasteiger partial charge in [-0.25, -0.2) is 4.98 Å². The van der Waals surface area contributed by atoms with Gasteiger partial charge in [0.15, 0.2) is 0 Å². The molecule has 33 heavy (non-hydrogen) atoms. The van der Waals surface area contributed by atoms with E-state index in [0.29, 0.717) is 0 Å². The zero-order valence-corrected chi connectivity index (χ0v) is 19.4. The van der Waals surface area contributed by atoms with E-state index in [9.17, 15) is 0 Å². The third kappa shape index (κ3) is 5.53. The number of nitrogens with zero attached hydrogens (tertiary/aromatic N) is 2. The fourth-order valence-electron chi connectivity index (χ4n) is 4.34. The number of thioether (sulfide) groups is 1. The molecule has 4 aromatic rings. The molecule has 3 aromatic carbocycles. The maximum Gasteiger partial charge on any atom is 0.104 e. The molecule has 5 rings (SSSR count). The molecule has 1 aromatic heterocycles. The first-order valence-electron chi connectivity index (χ1n) is 11.5. The summed E-state index contributed by atoms with van der Waals surface area (Å²) >= 11 is 1.82. The molecule has 1 saturated heterocycles. The van der Waals surface area contributed by atoms with Gasteiger partial charge in [0.25, 0.3) is 0 Å². The Hall–Kier alpha value is -2.92. The van der Waals surface area contributed by atoms with Crippen LogP contribution < -0.4 is 0 Å². The lowest BCUT2D eigenvalue weighted by Gasteiger charge is -2.37. The molecule has 166 valence electrons. The van der Waals surface area contributed by atoms with Gasteiger partial charge < -0.3 is 4.74 Å². The van der Waals surface area contributed by atoms with Gasteiger partial charge in [-0.05, 0) is 22.8 Å². The quantitative estimate of drug-likeness (QED) is 0.300. The van der Waals surface area contributed by atoms with Gasteiger partial charge in [0, 0.05) is 31.4 Å². The molecule has 0 spiro atoms. The summed E-state index contributed by atoms with van der Waals surface area (Å²) in [7, 11) is 0. The second-order valence-electron chi connectivity index (χ2n) is 8.30. The second-order valence-corrected chi connectivity index (χ2v) is 9.43. The molecular weight excluding hydrogens is 424 g/mol. The zero-order chi connectivity index (χ0) is 22.3. The van der Waals surface area contributed by atoms with Crippen LogP contribution in [0.4, 0.5) is 0 Å². The Kier molecular flexibility index (Phi) is 7.17. The van der Waals surface area contributed by atoms with Crippen LogP contribution in [-0.4, -0.2) is 35.7 Å². The van der Waals surface area contributed by atoms with Gasteiger partial charge in [-0.15, -0.1) is 0 Å². The van der Waals surface area contributed by atoms with Crippen molar-refractivity contribution in [2.24, 2.45) is 0 Å².